The predicted octanol–water partition coefficient (Wildman–Crippen LogP) is 7.93. The van der Waals surface area contributed by atoms with Crippen LogP contribution in [0.2, 0.25) is 0 Å². The van der Waals surface area contributed by atoms with E-state index in [-0.39, 0.29) is 0 Å². The number of nitrogens with zero attached hydrogens (tertiary/aromatic N) is 3. The summed E-state index contributed by atoms with van der Waals surface area (Å²) < 4.78 is 6.04. The van der Waals surface area contributed by atoms with Crippen LogP contribution in [0.1, 0.15) is 0 Å². The van der Waals surface area contributed by atoms with Crippen molar-refractivity contribution in [1.82, 2.24) is 15.0 Å². The molecule has 0 spiro atoms. The second kappa shape index (κ2) is 7.89. The summed E-state index contributed by atoms with van der Waals surface area (Å²) in [5.41, 5.74) is 9.54. The fourth-order valence-electron chi connectivity index (χ4n) is 4.56. The Morgan fingerprint density at radius 3 is 2.17 bits per heavy atom. The second-order valence-corrected chi connectivity index (χ2v) is 8.54. The lowest BCUT2D eigenvalue weighted by atomic mass is 10.0. The summed E-state index contributed by atoms with van der Waals surface area (Å²) in [7, 11) is 0. The Balaban J connectivity index is 1.24. The smallest absolute Gasteiger partial charge is 0.154 e. The van der Waals surface area contributed by atoms with E-state index in [4.69, 9.17) is 14.4 Å². The largest absolute Gasteiger partial charge is 0.454 e. The molecule has 0 radical (unpaired) electrons. The average Bonchev–Trinajstić information content (AvgIpc) is 3.29. The highest BCUT2D eigenvalue weighted by Crippen LogP contribution is 2.32. The van der Waals surface area contributed by atoms with Crippen LogP contribution in [0, 0.1) is 0 Å². The Hall–Kier alpha value is -4.83. The van der Waals surface area contributed by atoms with Gasteiger partial charge in [0.2, 0.25) is 0 Å². The van der Waals surface area contributed by atoms with Crippen molar-refractivity contribution in [2.45, 2.75) is 0 Å². The van der Waals surface area contributed by atoms with Gasteiger partial charge >= 0.3 is 0 Å². The molecule has 0 aliphatic rings. The van der Waals surface area contributed by atoms with E-state index < -0.39 is 0 Å². The Bertz CT molecular complexity index is 1840. The molecule has 0 N–H and O–H groups in total. The number of aromatic nitrogens is 3. The zero-order valence-corrected chi connectivity index (χ0v) is 18.7. The molecule has 4 aromatic heterocycles. The van der Waals surface area contributed by atoms with Gasteiger partial charge in [0.05, 0.1) is 22.6 Å². The molecule has 4 heteroatoms. The van der Waals surface area contributed by atoms with E-state index in [9.17, 15) is 0 Å². The first-order valence-electron chi connectivity index (χ1n) is 11.5. The maximum Gasteiger partial charge on any atom is 0.154 e. The molecule has 0 aliphatic heterocycles. The molecule has 164 valence electrons. The lowest BCUT2D eigenvalue weighted by Crippen LogP contribution is -1.90. The first kappa shape index (κ1) is 19.6. The van der Waals surface area contributed by atoms with Crippen LogP contribution in [-0.4, -0.2) is 15.0 Å². The van der Waals surface area contributed by atoms with Crippen molar-refractivity contribution in [3.63, 3.8) is 0 Å². The number of benzene rings is 3. The normalized spacial score (nSPS) is 11.4. The van der Waals surface area contributed by atoms with Crippen LogP contribution in [0.5, 0.6) is 0 Å². The third-order valence-electron chi connectivity index (χ3n) is 6.33. The molecule has 0 saturated heterocycles. The molecular formula is C31H19N3O. The van der Waals surface area contributed by atoms with Crippen LogP contribution in [0.15, 0.2) is 120 Å². The summed E-state index contributed by atoms with van der Waals surface area (Å²) in [5, 5.41) is 2.10. The van der Waals surface area contributed by atoms with E-state index in [0.717, 1.165) is 66.7 Å². The highest BCUT2D eigenvalue weighted by Gasteiger charge is 2.10. The maximum atomic E-state index is 6.04. The zero-order valence-electron chi connectivity index (χ0n) is 18.7. The van der Waals surface area contributed by atoms with Crippen molar-refractivity contribution in [3.8, 4) is 33.8 Å². The third kappa shape index (κ3) is 3.44. The fraction of sp³-hybridized carbons (Fsp3) is 0. The molecule has 35 heavy (non-hydrogen) atoms. The van der Waals surface area contributed by atoms with Crippen LogP contribution in [0.3, 0.4) is 0 Å². The SMILES string of the molecule is c1ccc(-c2cccc(-c3ccc(-c4ccc5nc6c(cc5c4)oc4ccccc46)cc3)n2)nc1. The Kier molecular flexibility index (Phi) is 4.42. The number of para-hydroxylation sites is 1. The number of rotatable bonds is 3. The monoisotopic (exact) mass is 449 g/mol. The maximum absolute atomic E-state index is 6.04. The van der Waals surface area contributed by atoms with Crippen molar-refractivity contribution in [1.29, 1.82) is 0 Å². The molecular weight excluding hydrogens is 430 g/mol. The molecule has 4 heterocycles. The van der Waals surface area contributed by atoms with Gasteiger partial charge in [-0.3, -0.25) is 4.98 Å². The average molecular weight is 450 g/mol. The highest BCUT2D eigenvalue weighted by molar-refractivity contribution is 6.06. The van der Waals surface area contributed by atoms with Gasteiger partial charge in [-0.15, -0.1) is 0 Å². The van der Waals surface area contributed by atoms with E-state index in [1.165, 1.54) is 0 Å². The standard InChI is InChI=1S/C31H19N3O/c1-2-10-29-24(6-1)31-30(35-29)19-23-18-22(15-16-26(23)34-31)20-11-13-21(14-12-20)25-8-5-9-28(33-25)27-7-3-4-17-32-27/h1-19H. The summed E-state index contributed by atoms with van der Waals surface area (Å²) >= 11 is 0. The summed E-state index contributed by atoms with van der Waals surface area (Å²) in [4.78, 5) is 14.1. The van der Waals surface area contributed by atoms with Gasteiger partial charge in [0, 0.05) is 22.5 Å². The minimum absolute atomic E-state index is 0.810. The van der Waals surface area contributed by atoms with Crippen LogP contribution in [0.25, 0.3) is 66.7 Å². The van der Waals surface area contributed by atoms with Gasteiger partial charge in [-0.05, 0) is 65.7 Å². The Morgan fingerprint density at radius 1 is 0.514 bits per heavy atom. The fourth-order valence-corrected chi connectivity index (χ4v) is 4.56. The topological polar surface area (TPSA) is 51.8 Å². The van der Waals surface area contributed by atoms with Crippen molar-refractivity contribution in [2.75, 3.05) is 0 Å². The number of fused-ring (bicyclic) bond motifs is 4. The summed E-state index contributed by atoms with van der Waals surface area (Å²) in [6, 6.07) is 36.9. The first-order valence-corrected chi connectivity index (χ1v) is 11.5. The van der Waals surface area contributed by atoms with Crippen LogP contribution >= 0.6 is 0 Å². The van der Waals surface area contributed by atoms with E-state index in [2.05, 4.69) is 59.6 Å². The first-order chi connectivity index (χ1) is 17.3. The minimum Gasteiger partial charge on any atom is -0.454 e. The lowest BCUT2D eigenvalue weighted by molar-refractivity contribution is 0.669. The Labute approximate surface area is 201 Å². The predicted molar refractivity (Wildman–Crippen MR) is 141 cm³/mol. The van der Waals surface area contributed by atoms with Crippen LogP contribution < -0.4 is 0 Å². The number of hydrogen-bond acceptors (Lipinski definition) is 4. The van der Waals surface area contributed by atoms with Crippen LogP contribution in [0.4, 0.5) is 0 Å². The van der Waals surface area contributed by atoms with E-state index in [1.807, 2.05) is 54.6 Å². The highest BCUT2D eigenvalue weighted by atomic mass is 16.3. The molecule has 0 atom stereocenters. The molecule has 0 bridgehead atoms. The van der Waals surface area contributed by atoms with Gasteiger partial charge in [-0.1, -0.05) is 54.6 Å². The molecule has 0 unspecified atom stereocenters. The number of hydrogen-bond donors (Lipinski definition) is 0. The molecule has 3 aromatic carbocycles. The Morgan fingerprint density at radius 2 is 1.29 bits per heavy atom. The van der Waals surface area contributed by atoms with Gasteiger partial charge in [0.15, 0.2) is 5.58 Å². The summed E-state index contributed by atoms with van der Waals surface area (Å²) in [6.45, 7) is 0. The number of furan rings is 1. The second-order valence-electron chi connectivity index (χ2n) is 8.54. The van der Waals surface area contributed by atoms with Gasteiger partial charge in [0.1, 0.15) is 11.1 Å². The van der Waals surface area contributed by atoms with Crippen molar-refractivity contribution in [2.24, 2.45) is 0 Å². The van der Waals surface area contributed by atoms with Crippen LogP contribution in [-0.2, 0) is 0 Å². The molecule has 0 aliphatic carbocycles. The third-order valence-corrected chi connectivity index (χ3v) is 6.33. The van der Waals surface area contributed by atoms with E-state index in [0.29, 0.717) is 0 Å². The molecule has 0 amide bonds. The summed E-state index contributed by atoms with van der Waals surface area (Å²) in [6.07, 6.45) is 1.79. The van der Waals surface area contributed by atoms with E-state index >= 15 is 0 Å². The van der Waals surface area contributed by atoms with Crippen molar-refractivity contribution < 1.29 is 4.42 Å². The van der Waals surface area contributed by atoms with Gasteiger partial charge in [0.25, 0.3) is 0 Å². The van der Waals surface area contributed by atoms with Gasteiger partial charge < -0.3 is 4.42 Å². The van der Waals surface area contributed by atoms with E-state index in [1.54, 1.807) is 6.20 Å². The van der Waals surface area contributed by atoms with Gasteiger partial charge in [-0.25, -0.2) is 9.97 Å². The molecule has 4 nitrogen and oxygen atoms in total. The van der Waals surface area contributed by atoms with Crippen molar-refractivity contribution in [3.05, 3.63) is 115 Å². The number of pyridine rings is 3. The zero-order chi connectivity index (χ0) is 23.2. The summed E-state index contributed by atoms with van der Waals surface area (Å²) in [5.74, 6) is 0. The molecule has 0 saturated carbocycles. The van der Waals surface area contributed by atoms with Crippen molar-refractivity contribution >= 4 is 33.0 Å². The molecule has 7 aromatic rings. The van der Waals surface area contributed by atoms with Gasteiger partial charge in [-0.2, -0.15) is 0 Å². The lowest BCUT2D eigenvalue weighted by Gasteiger charge is -2.07. The minimum atomic E-state index is 0.810. The quantitative estimate of drug-likeness (QED) is 0.275. The molecule has 0 fully saturated rings. The molecule has 7 rings (SSSR count).